The summed E-state index contributed by atoms with van der Waals surface area (Å²) in [5, 5.41) is 13.6. The molecule has 0 aliphatic heterocycles. The van der Waals surface area contributed by atoms with Crippen molar-refractivity contribution in [2.75, 3.05) is 7.11 Å². The minimum atomic E-state index is 0.225. The van der Waals surface area contributed by atoms with Gasteiger partial charge in [0.2, 0.25) is 5.89 Å². The van der Waals surface area contributed by atoms with E-state index in [4.69, 9.17) is 9.26 Å². The largest absolute Gasteiger partial charge is 0.497 e. The number of aromatic nitrogens is 5. The van der Waals surface area contributed by atoms with Gasteiger partial charge in [-0.2, -0.15) is 4.98 Å². The molecule has 7 nitrogen and oxygen atoms in total. The number of hydrogen-bond acceptors (Lipinski definition) is 7. The van der Waals surface area contributed by atoms with Crippen LogP contribution < -0.4 is 4.74 Å². The van der Waals surface area contributed by atoms with Crippen LogP contribution in [0.5, 0.6) is 5.75 Å². The zero-order chi connectivity index (χ0) is 18.5. The Bertz CT molecular complexity index is 842. The molecule has 138 valence electrons. The SMILES string of the molecule is CCCc1noc(CSc2nnc(-c3ccc(OC)cc3)n2C(C)C)n1. The molecule has 1 aromatic carbocycles. The first-order chi connectivity index (χ1) is 12.6. The average molecular weight is 373 g/mol. The van der Waals surface area contributed by atoms with Crippen molar-refractivity contribution >= 4 is 11.8 Å². The Kier molecular flexibility index (Phi) is 5.92. The van der Waals surface area contributed by atoms with Crippen LogP contribution in [0.4, 0.5) is 0 Å². The summed E-state index contributed by atoms with van der Waals surface area (Å²) in [5.74, 6) is 3.60. The standard InChI is InChI=1S/C18H23N5O2S/c1-5-6-15-19-16(25-22-15)11-26-18-21-20-17(23(18)12(2)3)13-7-9-14(24-4)10-8-13/h7-10,12H,5-6,11H2,1-4H3. The maximum Gasteiger partial charge on any atom is 0.237 e. The lowest BCUT2D eigenvalue weighted by molar-refractivity contribution is 0.384. The number of thioether (sulfide) groups is 1. The molecule has 0 saturated heterocycles. The van der Waals surface area contributed by atoms with Gasteiger partial charge in [0.15, 0.2) is 16.8 Å². The molecule has 2 heterocycles. The molecular formula is C18H23N5O2S. The second kappa shape index (κ2) is 8.35. The number of aryl methyl sites for hydroxylation is 1. The minimum absolute atomic E-state index is 0.225. The van der Waals surface area contributed by atoms with Gasteiger partial charge in [0.25, 0.3) is 0 Å². The summed E-state index contributed by atoms with van der Waals surface area (Å²) >= 11 is 1.55. The molecule has 0 saturated carbocycles. The van der Waals surface area contributed by atoms with Gasteiger partial charge in [-0.1, -0.05) is 23.8 Å². The van der Waals surface area contributed by atoms with Gasteiger partial charge >= 0.3 is 0 Å². The summed E-state index contributed by atoms with van der Waals surface area (Å²) in [6.45, 7) is 6.33. The average Bonchev–Trinajstić information content (AvgIpc) is 3.27. The van der Waals surface area contributed by atoms with E-state index in [0.29, 0.717) is 11.6 Å². The highest BCUT2D eigenvalue weighted by atomic mass is 32.2. The molecule has 0 unspecified atom stereocenters. The highest BCUT2D eigenvalue weighted by molar-refractivity contribution is 7.98. The molecule has 3 rings (SSSR count). The van der Waals surface area contributed by atoms with Crippen molar-refractivity contribution in [2.45, 2.75) is 50.6 Å². The van der Waals surface area contributed by atoms with Crippen LogP contribution >= 0.6 is 11.8 Å². The van der Waals surface area contributed by atoms with Crippen LogP contribution in [0.2, 0.25) is 0 Å². The monoisotopic (exact) mass is 373 g/mol. The Morgan fingerprint density at radius 1 is 1.19 bits per heavy atom. The lowest BCUT2D eigenvalue weighted by Gasteiger charge is -2.13. The first-order valence-electron chi connectivity index (χ1n) is 8.66. The fraction of sp³-hybridized carbons (Fsp3) is 0.444. The molecule has 0 radical (unpaired) electrons. The van der Waals surface area contributed by atoms with E-state index >= 15 is 0 Å². The normalized spacial score (nSPS) is 11.3. The van der Waals surface area contributed by atoms with E-state index in [1.54, 1.807) is 18.9 Å². The van der Waals surface area contributed by atoms with E-state index in [-0.39, 0.29) is 6.04 Å². The Morgan fingerprint density at radius 3 is 2.62 bits per heavy atom. The minimum Gasteiger partial charge on any atom is -0.497 e. The van der Waals surface area contributed by atoms with Gasteiger partial charge in [0, 0.05) is 18.0 Å². The molecular weight excluding hydrogens is 350 g/mol. The lowest BCUT2D eigenvalue weighted by atomic mass is 10.2. The highest BCUT2D eigenvalue weighted by Crippen LogP contribution is 2.30. The summed E-state index contributed by atoms with van der Waals surface area (Å²) in [7, 11) is 1.66. The van der Waals surface area contributed by atoms with Crippen molar-refractivity contribution in [2.24, 2.45) is 0 Å². The molecule has 0 atom stereocenters. The topological polar surface area (TPSA) is 78.9 Å². The number of benzene rings is 1. The van der Waals surface area contributed by atoms with E-state index in [0.717, 1.165) is 41.0 Å². The molecule has 0 aliphatic rings. The molecule has 0 spiro atoms. The molecule has 0 aliphatic carbocycles. The molecule has 0 fully saturated rings. The van der Waals surface area contributed by atoms with Gasteiger partial charge in [0.05, 0.1) is 12.9 Å². The third-order valence-electron chi connectivity index (χ3n) is 3.84. The van der Waals surface area contributed by atoms with Gasteiger partial charge in [0.1, 0.15) is 5.75 Å². The van der Waals surface area contributed by atoms with Crippen LogP contribution in [-0.4, -0.2) is 32.0 Å². The third-order valence-corrected chi connectivity index (χ3v) is 4.77. The predicted octanol–water partition coefficient (Wildman–Crippen LogP) is 4.16. The van der Waals surface area contributed by atoms with Crippen LogP contribution in [0.25, 0.3) is 11.4 Å². The van der Waals surface area contributed by atoms with Crippen molar-refractivity contribution < 1.29 is 9.26 Å². The number of ether oxygens (including phenoxy) is 1. The van der Waals surface area contributed by atoms with Crippen LogP contribution in [0.1, 0.15) is 44.9 Å². The smallest absolute Gasteiger partial charge is 0.237 e. The fourth-order valence-electron chi connectivity index (χ4n) is 2.58. The molecule has 8 heteroatoms. The van der Waals surface area contributed by atoms with Gasteiger partial charge in [-0.05, 0) is 44.5 Å². The van der Waals surface area contributed by atoms with E-state index in [2.05, 4.69) is 45.7 Å². The zero-order valence-corrected chi connectivity index (χ0v) is 16.3. The molecule has 0 bridgehead atoms. The maximum absolute atomic E-state index is 5.30. The second-order valence-corrected chi connectivity index (χ2v) is 7.08. The Morgan fingerprint density at radius 2 is 1.96 bits per heavy atom. The second-order valence-electron chi connectivity index (χ2n) is 6.14. The van der Waals surface area contributed by atoms with E-state index in [9.17, 15) is 0 Å². The summed E-state index contributed by atoms with van der Waals surface area (Å²) in [5.41, 5.74) is 1.00. The van der Waals surface area contributed by atoms with Crippen molar-refractivity contribution in [3.8, 4) is 17.1 Å². The predicted molar refractivity (Wildman–Crippen MR) is 100 cm³/mol. The fourth-order valence-corrected chi connectivity index (χ4v) is 3.48. The molecule has 26 heavy (non-hydrogen) atoms. The van der Waals surface area contributed by atoms with Crippen LogP contribution in [-0.2, 0) is 12.2 Å². The first-order valence-corrected chi connectivity index (χ1v) is 9.64. The molecule has 0 N–H and O–H groups in total. The van der Waals surface area contributed by atoms with Gasteiger partial charge in [-0.25, -0.2) is 0 Å². The number of nitrogens with zero attached hydrogens (tertiary/aromatic N) is 5. The lowest BCUT2D eigenvalue weighted by Crippen LogP contribution is -2.05. The third kappa shape index (κ3) is 4.07. The summed E-state index contributed by atoms with van der Waals surface area (Å²) in [6, 6.07) is 8.06. The Balaban J connectivity index is 1.79. The van der Waals surface area contributed by atoms with Crippen LogP contribution in [0.3, 0.4) is 0 Å². The van der Waals surface area contributed by atoms with Crippen molar-refractivity contribution in [1.29, 1.82) is 0 Å². The van der Waals surface area contributed by atoms with Gasteiger partial charge < -0.3 is 9.26 Å². The van der Waals surface area contributed by atoms with Crippen LogP contribution in [0.15, 0.2) is 33.9 Å². The molecule has 3 aromatic rings. The first kappa shape index (κ1) is 18.4. The van der Waals surface area contributed by atoms with E-state index in [1.165, 1.54) is 0 Å². The summed E-state index contributed by atoms with van der Waals surface area (Å²) in [6.07, 6.45) is 1.83. The summed E-state index contributed by atoms with van der Waals surface area (Å²) in [4.78, 5) is 4.40. The molecule has 2 aromatic heterocycles. The van der Waals surface area contributed by atoms with E-state index in [1.807, 2.05) is 24.3 Å². The summed E-state index contributed by atoms with van der Waals surface area (Å²) < 4.78 is 12.6. The quantitative estimate of drug-likeness (QED) is 0.548. The van der Waals surface area contributed by atoms with Gasteiger partial charge in [-0.15, -0.1) is 10.2 Å². The van der Waals surface area contributed by atoms with Crippen LogP contribution in [0, 0.1) is 0 Å². The molecule has 0 amide bonds. The van der Waals surface area contributed by atoms with E-state index < -0.39 is 0 Å². The Labute approximate surface area is 157 Å². The van der Waals surface area contributed by atoms with Crippen molar-refractivity contribution in [1.82, 2.24) is 24.9 Å². The van der Waals surface area contributed by atoms with Crippen molar-refractivity contribution in [3.05, 3.63) is 36.0 Å². The van der Waals surface area contributed by atoms with Gasteiger partial charge in [-0.3, -0.25) is 4.57 Å². The number of rotatable bonds is 8. The van der Waals surface area contributed by atoms with Crippen molar-refractivity contribution in [3.63, 3.8) is 0 Å². The highest BCUT2D eigenvalue weighted by Gasteiger charge is 2.18. The maximum atomic E-state index is 5.30. The number of methoxy groups -OCH3 is 1. The Hall–Kier alpha value is -2.35. The number of hydrogen-bond donors (Lipinski definition) is 0. The zero-order valence-electron chi connectivity index (χ0n) is 15.5.